The normalized spacial score (nSPS) is 16.3. The minimum Gasteiger partial charge on any atom is -0.497 e. The van der Waals surface area contributed by atoms with Gasteiger partial charge in [0, 0.05) is 41.6 Å². The van der Waals surface area contributed by atoms with Crippen LogP contribution >= 0.6 is 23.1 Å². The topological polar surface area (TPSA) is 173 Å². The lowest BCUT2D eigenvalue weighted by molar-refractivity contribution is -0.116. The molecule has 1 aromatic heterocycles. The summed E-state index contributed by atoms with van der Waals surface area (Å²) in [6, 6.07) is 14.3. The molecule has 44 heavy (non-hydrogen) atoms. The number of methoxy groups -OCH3 is 2. The first-order valence-electron chi connectivity index (χ1n) is 13.6. The summed E-state index contributed by atoms with van der Waals surface area (Å²) in [4.78, 5) is 38.9. The Hall–Kier alpha value is -4.87. The molecular weight excluding hydrogens is 603 g/mol. The molecule has 0 spiro atoms. The molecule has 0 saturated carbocycles. The van der Waals surface area contributed by atoms with Crippen LogP contribution in [0.5, 0.6) is 11.5 Å². The molecule has 12 nitrogen and oxygen atoms in total. The van der Waals surface area contributed by atoms with E-state index in [1.54, 1.807) is 54.5 Å². The first kappa shape index (κ1) is 30.6. The summed E-state index contributed by atoms with van der Waals surface area (Å²) in [6.07, 6.45) is 1.52. The fourth-order valence-corrected chi connectivity index (χ4v) is 6.88. The number of ketones is 1. The standard InChI is InChI=1S/C30H29N7O5S2/c1-16(38)33-17-7-9-18(10-8-17)34-25(40)15-43-30-36-35-29(44-30)37-22-5-4-6-23(39)27(22)26(21(14-31)28(37)32)20-13-19(41-2)11-12-24(20)42-3/h7-13,26H,4-6,15,32H2,1-3H3,(H,33,38)(H,34,40). The Kier molecular flexibility index (Phi) is 9.17. The van der Waals surface area contributed by atoms with Crippen LogP contribution in [0, 0.1) is 11.3 Å². The molecule has 2 heterocycles. The molecule has 1 unspecified atom stereocenters. The molecule has 2 aliphatic rings. The Labute approximate surface area is 261 Å². The van der Waals surface area contributed by atoms with Crippen LogP contribution in [0.15, 0.2) is 69.5 Å². The van der Waals surface area contributed by atoms with Crippen molar-refractivity contribution in [3.8, 4) is 17.6 Å². The van der Waals surface area contributed by atoms with Crippen LogP contribution in [0.4, 0.5) is 16.5 Å². The number of Topliss-reactive ketones (excluding diaryl/α,β-unsaturated/α-hetero) is 1. The van der Waals surface area contributed by atoms with E-state index in [1.807, 2.05) is 0 Å². The predicted molar refractivity (Wildman–Crippen MR) is 167 cm³/mol. The first-order valence-corrected chi connectivity index (χ1v) is 15.4. The number of hydrogen-bond acceptors (Lipinski definition) is 12. The second-order valence-electron chi connectivity index (χ2n) is 9.87. The van der Waals surface area contributed by atoms with Gasteiger partial charge in [-0.25, -0.2) is 0 Å². The van der Waals surface area contributed by atoms with Gasteiger partial charge in [-0.2, -0.15) is 5.26 Å². The molecule has 1 atom stereocenters. The van der Waals surface area contributed by atoms with Crippen LogP contribution in [-0.2, 0) is 14.4 Å². The van der Waals surface area contributed by atoms with Crippen LogP contribution < -0.4 is 30.7 Å². The number of rotatable bonds is 9. The van der Waals surface area contributed by atoms with Gasteiger partial charge in [0.2, 0.25) is 16.9 Å². The number of benzene rings is 2. The number of nitrogens with two attached hydrogens (primary N) is 1. The van der Waals surface area contributed by atoms with Crippen molar-refractivity contribution in [2.75, 3.05) is 35.5 Å². The number of allylic oxidation sites excluding steroid dienone is 3. The zero-order valence-corrected chi connectivity index (χ0v) is 25.8. The van der Waals surface area contributed by atoms with Crippen molar-refractivity contribution in [3.63, 3.8) is 0 Å². The van der Waals surface area contributed by atoms with Gasteiger partial charge in [0.1, 0.15) is 17.3 Å². The molecule has 3 aromatic rings. The van der Waals surface area contributed by atoms with E-state index >= 15 is 0 Å². The summed E-state index contributed by atoms with van der Waals surface area (Å²) in [6.45, 7) is 1.42. The predicted octanol–water partition coefficient (Wildman–Crippen LogP) is 4.55. The van der Waals surface area contributed by atoms with Gasteiger partial charge in [0.25, 0.3) is 0 Å². The summed E-state index contributed by atoms with van der Waals surface area (Å²) < 4.78 is 11.6. The van der Waals surface area contributed by atoms with E-state index in [0.717, 1.165) is 0 Å². The molecule has 2 aromatic carbocycles. The number of hydrogen-bond donors (Lipinski definition) is 3. The van der Waals surface area contributed by atoms with E-state index in [-0.39, 0.29) is 34.7 Å². The molecule has 2 amide bonds. The maximum absolute atomic E-state index is 13.5. The van der Waals surface area contributed by atoms with E-state index in [2.05, 4.69) is 26.9 Å². The minimum atomic E-state index is -0.734. The number of anilines is 3. The number of amides is 2. The van der Waals surface area contributed by atoms with Crippen molar-refractivity contribution >= 4 is 57.2 Å². The maximum atomic E-state index is 13.5. The van der Waals surface area contributed by atoms with Gasteiger partial charge < -0.3 is 25.8 Å². The van der Waals surface area contributed by atoms with Crippen molar-refractivity contribution < 1.29 is 23.9 Å². The highest BCUT2D eigenvalue weighted by atomic mass is 32.2. The Bertz CT molecular complexity index is 1730. The molecule has 0 radical (unpaired) electrons. The maximum Gasteiger partial charge on any atom is 0.234 e. The number of carbonyl (C=O) groups is 3. The summed E-state index contributed by atoms with van der Waals surface area (Å²) in [5.41, 5.74) is 9.83. The molecule has 1 aliphatic heterocycles. The lowest BCUT2D eigenvalue weighted by atomic mass is 9.75. The number of thioether (sulfide) groups is 1. The third-order valence-electron chi connectivity index (χ3n) is 7.06. The van der Waals surface area contributed by atoms with E-state index in [1.165, 1.54) is 37.1 Å². The molecule has 0 bridgehead atoms. The number of aromatic nitrogens is 2. The van der Waals surface area contributed by atoms with Crippen molar-refractivity contribution in [2.45, 2.75) is 36.4 Å². The molecule has 4 N–H and O–H groups in total. The number of nitrogens with one attached hydrogen (secondary N) is 2. The van der Waals surface area contributed by atoms with Gasteiger partial charge in [-0.05, 0) is 55.3 Å². The first-order chi connectivity index (χ1) is 21.2. The van der Waals surface area contributed by atoms with Crippen molar-refractivity contribution in [1.82, 2.24) is 10.2 Å². The van der Waals surface area contributed by atoms with Gasteiger partial charge in [0.15, 0.2) is 10.1 Å². The average Bonchev–Trinajstić information content (AvgIpc) is 3.48. The van der Waals surface area contributed by atoms with Crippen LogP contribution in [0.3, 0.4) is 0 Å². The van der Waals surface area contributed by atoms with E-state index in [9.17, 15) is 19.6 Å². The number of ether oxygens (including phenoxy) is 2. The molecular formula is C30H29N7O5S2. The summed E-state index contributed by atoms with van der Waals surface area (Å²) in [5.74, 6) is 0.0490. The third kappa shape index (κ3) is 6.24. The van der Waals surface area contributed by atoms with Gasteiger partial charge in [-0.3, -0.25) is 19.3 Å². The lowest BCUT2D eigenvalue weighted by Gasteiger charge is -2.38. The van der Waals surface area contributed by atoms with Crippen molar-refractivity contribution in [3.05, 3.63) is 70.7 Å². The fraction of sp³-hybridized carbons (Fsp3) is 0.267. The molecule has 0 saturated heterocycles. The molecule has 226 valence electrons. The van der Waals surface area contributed by atoms with Crippen molar-refractivity contribution in [1.29, 1.82) is 5.26 Å². The summed E-state index contributed by atoms with van der Waals surface area (Å²) >= 11 is 2.41. The SMILES string of the molecule is COc1ccc(OC)c(C2C(C#N)=C(N)N(c3nnc(SCC(=O)Nc4ccc(NC(C)=O)cc4)s3)C3=C2C(=O)CCC3)c1. The molecule has 1 aliphatic carbocycles. The Morgan fingerprint density at radius 3 is 2.50 bits per heavy atom. The van der Waals surface area contributed by atoms with Crippen LogP contribution in [0.25, 0.3) is 0 Å². The fourth-order valence-electron chi connectivity index (χ4n) is 5.20. The number of carbonyl (C=O) groups excluding carboxylic acids is 3. The zero-order valence-electron chi connectivity index (χ0n) is 24.2. The monoisotopic (exact) mass is 631 g/mol. The smallest absolute Gasteiger partial charge is 0.234 e. The van der Waals surface area contributed by atoms with Crippen molar-refractivity contribution in [2.24, 2.45) is 5.73 Å². The van der Waals surface area contributed by atoms with E-state index in [4.69, 9.17) is 15.2 Å². The second-order valence-corrected chi connectivity index (χ2v) is 12.0. The van der Waals surface area contributed by atoms with Gasteiger partial charge in [-0.1, -0.05) is 23.1 Å². The summed E-state index contributed by atoms with van der Waals surface area (Å²) in [7, 11) is 3.07. The molecule has 5 rings (SSSR count). The highest BCUT2D eigenvalue weighted by Crippen LogP contribution is 2.49. The Morgan fingerprint density at radius 2 is 1.84 bits per heavy atom. The Balaban J connectivity index is 1.39. The van der Waals surface area contributed by atoms with E-state index < -0.39 is 5.92 Å². The third-order valence-corrected chi connectivity index (χ3v) is 9.11. The highest BCUT2D eigenvalue weighted by molar-refractivity contribution is 8.01. The van der Waals surface area contributed by atoms with Crippen LogP contribution in [0.1, 0.15) is 37.7 Å². The quantitative estimate of drug-likeness (QED) is 0.283. The summed E-state index contributed by atoms with van der Waals surface area (Å²) in [5, 5.41) is 24.8. The molecule has 14 heteroatoms. The second kappa shape index (κ2) is 13.2. The van der Waals surface area contributed by atoms with Crippen LogP contribution in [-0.4, -0.2) is 47.8 Å². The van der Waals surface area contributed by atoms with Gasteiger partial charge >= 0.3 is 0 Å². The average molecular weight is 632 g/mol. The van der Waals surface area contributed by atoms with Crippen LogP contribution in [0.2, 0.25) is 0 Å². The van der Waals surface area contributed by atoms with Gasteiger partial charge in [-0.15, -0.1) is 10.2 Å². The molecule has 0 fully saturated rings. The van der Waals surface area contributed by atoms with E-state index in [0.29, 0.717) is 68.4 Å². The number of nitriles is 1. The largest absolute Gasteiger partial charge is 0.497 e. The lowest BCUT2D eigenvalue weighted by Crippen LogP contribution is -2.38. The van der Waals surface area contributed by atoms with Gasteiger partial charge in [0.05, 0.1) is 37.5 Å². The Morgan fingerprint density at radius 1 is 1.11 bits per heavy atom. The number of nitrogens with zero attached hydrogens (tertiary/aromatic N) is 4. The minimum absolute atomic E-state index is 0.0704. The zero-order chi connectivity index (χ0) is 31.4. The highest BCUT2D eigenvalue weighted by Gasteiger charge is 2.42.